The van der Waals surface area contributed by atoms with Gasteiger partial charge in [0.15, 0.2) is 0 Å². The zero-order valence-electron chi connectivity index (χ0n) is 81.9. The Bertz CT molecular complexity index is 10200. The Morgan fingerprint density at radius 1 is 0.169 bits per heavy atom. The van der Waals surface area contributed by atoms with Gasteiger partial charge in [-0.25, -0.2) is 0 Å². The lowest BCUT2D eigenvalue weighted by Gasteiger charge is -2.34. The van der Waals surface area contributed by atoms with E-state index in [0.717, 1.165) is 16.6 Å². The molecule has 0 aliphatic heterocycles. The van der Waals surface area contributed by atoms with E-state index in [9.17, 15) is 0 Å². The third kappa shape index (κ3) is 12.5. The van der Waals surface area contributed by atoms with Crippen molar-refractivity contribution in [1.82, 2.24) is 18.3 Å². The molecule has 1 spiro atoms. The quantitative estimate of drug-likeness (QED) is 0.163. The first-order valence-corrected chi connectivity index (χ1v) is 52.1. The van der Waals surface area contributed by atoms with Crippen molar-refractivity contribution >= 4 is 184 Å². The highest BCUT2D eigenvalue weighted by Gasteiger charge is 2.52. The number of furan rings is 1. The molecule has 0 amide bonds. The minimum Gasteiger partial charge on any atom is -0.456 e. The van der Waals surface area contributed by atoms with Crippen molar-refractivity contribution in [3.05, 3.63) is 542 Å². The molecule has 30 aromatic rings. The number of nitrogens with zero attached hydrogens (tertiary/aromatic N) is 4. The van der Waals surface area contributed by atoms with Crippen LogP contribution < -0.4 is 0 Å². The molecule has 0 saturated heterocycles. The van der Waals surface area contributed by atoms with Gasteiger partial charge in [-0.05, 0) is 281 Å². The number of aromatic nitrogens is 4. The summed E-state index contributed by atoms with van der Waals surface area (Å²) < 4.78 is 18.1. The smallest absolute Gasteiger partial charge is 0.136 e. The largest absolute Gasteiger partial charge is 0.456 e. The van der Waals surface area contributed by atoms with E-state index in [4.69, 9.17) is 4.42 Å². The second-order valence-electron chi connectivity index (χ2n) is 40.4. The Hall–Kier alpha value is -18.5. The minimum atomic E-state index is -0.399. The van der Waals surface area contributed by atoms with Crippen molar-refractivity contribution in [2.45, 2.75) is 10.8 Å². The zero-order valence-corrected chi connectivity index (χ0v) is 82.8. The summed E-state index contributed by atoms with van der Waals surface area (Å²) in [6, 6.07) is 183. The van der Waals surface area contributed by atoms with Crippen LogP contribution in [0.3, 0.4) is 0 Å². The van der Waals surface area contributed by atoms with Crippen LogP contribution in [-0.4, -0.2) is 18.3 Å². The Labute approximate surface area is 858 Å². The van der Waals surface area contributed by atoms with Gasteiger partial charge in [-0.3, -0.25) is 0 Å². The highest BCUT2D eigenvalue weighted by atomic mass is 32.1. The van der Waals surface area contributed by atoms with Gasteiger partial charge in [0.25, 0.3) is 0 Å². The van der Waals surface area contributed by atoms with Crippen LogP contribution >= 0.6 is 11.3 Å². The second-order valence-corrected chi connectivity index (χ2v) is 41.5. The Morgan fingerprint density at radius 2 is 0.439 bits per heavy atom. The summed E-state index contributed by atoms with van der Waals surface area (Å²) in [6.45, 7) is 0. The molecule has 0 N–H and O–H groups in total. The molecule has 148 heavy (non-hydrogen) atoms. The van der Waals surface area contributed by atoms with Crippen LogP contribution in [0, 0.1) is 0 Å². The molecule has 6 aromatic heterocycles. The Morgan fingerprint density at radius 3 is 0.845 bits per heavy atom. The van der Waals surface area contributed by atoms with Crippen molar-refractivity contribution < 1.29 is 4.42 Å². The van der Waals surface area contributed by atoms with E-state index < -0.39 is 5.41 Å². The molecule has 24 aromatic carbocycles. The van der Waals surface area contributed by atoms with Gasteiger partial charge in [0, 0.05) is 146 Å². The molecular formula is C142H94N4OS. The van der Waals surface area contributed by atoms with Gasteiger partial charge in [0.2, 0.25) is 0 Å². The van der Waals surface area contributed by atoms with Gasteiger partial charge in [0.05, 0.1) is 10.8 Å². The number of fused-ring (bicyclic) bond motifs is 39. The maximum atomic E-state index is 6.13. The lowest BCUT2D eigenvalue weighted by molar-refractivity contribution is 0.669. The van der Waals surface area contributed by atoms with Crippen molar-refractivity contribution in [2.75, 3.05) is 0 Å². The summed E-state index contributed by atoms with van der Waals surface area (Å²) in [4.78, 5) is 0. The molecule has 0 saturated carbocycles. The lowest BCUT2D eigenvalue weighted by atomic mass is 9.67. The van der Waals surface area contributed by atoms with Gasteiger partial charge < -0.3 is 22.7 Å². The molecular weight excluding hydrogens is 1810 g/mol. The topological polar surface area (TPSA) is 32.9 Å². The summed E-state index contributed by atoms with van der Waals surface area (Å²) in [5.74, 6) is 0. The fourth-order valence-electron chi connectivity index (χ4n) is 26.4. The molecule has 0 unspecified atom stereocenters. The predicted molar refractivity (Wildman–Crippen MR) is 627 cm³/mol. The number of thiophene rings is 1. The van der Waals surface area contributed by atoms with Crippen molar-refractivity contribution in [1.29, 1.82) is 0 Å². The molecule has 3 aliphatic carbocycles. The fourth-order valence-corrected chi connectivity index (χ4v) is 27.5. The number of aryl methyl sites for hydroxylation is 4. The molecule has 0 atom stereocenters. The van der Waals surface area contributed by atoms with Crippen molar-refractivity contribution in [3.63, 3.8) is 0 Å². The van der Waals surface area contributed by atoms with Crippen LogP contribution in [0.25, 0.3) is 250 Å². The number of hydrogen-bond acceptors (Lipinski definition) is 2. The van der Waals surface area contributed by atoms with Crippen LogP contribution in [0.4, 0.5) is 0 Å². The zero-order chi connectivity index (χ0) is 97.9. The number of para-hydroxylation sites is 1. The molecule has 6 heterocycles. The summed E-state index contributed by atoms with van der Waals surface area (Å²) in [5.41, 5.74) is 40.0. The molecule has 3 aliphatic rings. The molecule has 33 rings (SSSR count). The van der Waals surface area contributed by atoms with Crippen molar-refractivity contribution in [2.24, 2.45) is 28.2 Å². The van der Waals surface area contributed by atoms with E-state index in [1.54, 1.807) is 0 Å². The van der Waals surface area contributed by atoms with Crippen molar-refractivity contribution in [3.8, 4) is 77.9 Å². The first kappa shape index (κ1) is 85.2. The normalized spacial score (nSPS) is 13.0. The van der Waals surface area contributed by atoms with Crippen LogP contribution in [0.1, 0.15) is 44.5 Å². The van der Waals surface area contributed by atoms with E-state index in [0.29, 0.717) is 0 Å². The van der Waals surface area contributed by atoms with Crippen LogP contribution in [0.15, 0.2) is 502 Å². The number of hydrogen-bond donors (Lipinski definition) is 0. The van der Waals surface area contributed by atoms with E-state index in [-0.39, 0.29) is 5.41 Å². The third-order valence-electron chi connectivity index (χ3n) is 33.1. The molecule has 5 nitrogen and oxygen atoms in total. The van der Waals surface area contributed by atoms with Gasteiger partial charge in [-0.15, -0.1) is 11.3 Å². The Kier molecular flexibility index (Phi) is 19.0. The predicted octanol–water partition coefficient (Wildman–Crippen LogP) is 37.6. The number of rotatable bonds is 6. The minimum absolute atomic E-state index is 0.325. The molecule has 0 radical (unpaired) electrons. The maximum absolute atomic E-state index is 6.13. The molecule has 0 fully saturated rings. The SMILES string of the molecule is Cn1c2ccc(-c3ccc4c(c3)C(c3ccccc3)(c3ccccc3)c3ccccc3-4)cc2c2c3ccccc3ccc21.Cn1c2ccc(-c3ccc4c(c3)C3(c5ccccc5-c5ccccc53)c3ccccc3-4)cc2c2c3ccccc3ccc21.Cn1c2ccc(-c3ccc4c(c3)oc3ccccc34)cc2c2c3ccccc3ccc21.Cn1c2ccc(-c3ccc4c(c3)sc3ccccc34)cc2c2c3ccccc3ccc21. The van der Waals surface area contributed by atoms with Gasteiger partial charge in [0.1, 0.15) is 11.2 Å². The third-order valence-corrected chi connectivity index (χ3v) is 34.3. The monoisotopic (exact) mass is 1900 g/mol. The van der Waals surface area contributed by atoms with E-state index in [1.807, 2.05) is 23.5 Å². The molecule has 6 heteroatoms. The van der Waals surface area contributed by atoms with E-state index >= 15 is 0 Å². The van der Waals surface area contributed by atoms with Gasteiger partial charge in [-0.1, -0.05) is 382 Å². The van der Waals surface area contributed by atoms with E-state index in [1.165, 1.54) is 278 Å². The highest BCUT2D eigenvalue weighted by molar-refractivity contribution is 7.25. The van der Waals surface area contributed by atoms with Gasteiger partial charge in [-0.2, -0.15) is 0 Å². The van der Waals surface area contributed by atoms with Crippen LogP contribution in [0.2, 0.25) is 0 Å². The summed E-state index contributed by atoms with van der Waals surface area (Å²) in [7, 11) is 8.69. The molecule has 694 valence electrons. The van der Waals surface area contributed by atoms with Gasteiger partial charge >= 0.3 is 0 Å². The average Bonchev–Trinajstić information content (AvgIpc) is 1.50. The molecule has 0 bridgehead atoms. The first-order valence-electron chi connectivity index (χ1n) is 51.3. The lowest BCUT2D eigenvalue weighted by Crippen LogP contribution is -2.28. The maximum Gasteiger partial charge on any atom is 0.136 e. The highest BCUT2D eigenvalue weighted by Crippen LogP contribution is 2.64. The summed E-state index contributed by atoms with van der Waals surface area (Å²) in [5, 5.41) is 25.9. The Balaban J connectivity index is 0.0000000921. The summed E-state index contributed by atoms with van der Waals surface area (Å²) >= 11 is 1.88. The summed E-state index contributed by atoms with van der Waals surface area (Å²) in [6.07, 6.45) is 0. The standard InChI is InChI=1S/C42H27N.C42H29N.C29H19NO.C29H19NS/c1-43-39-22-20-27(24-34(39)41-29-11-3-2-10-26(29)19-23-40(41)43)28-18-21-33-32-14-6-9-17-37(32)42(38(33)25-28)35-15-7-4-12-30(35)31-13-5-8-16-36(31)42;1-43-39-24-22-29(26-36(39)41-33-17-9-8-12-28(33)21-25-40(41)43)30-20-23-35-34-18-10-11-19-37(34)42(38(35)27-30,31-13-4-2-5-14-31)32-15-6-3-7-16-32;2*1-30-25-14-12-19(16-24(25)29-21-7-3-2-6-18(21)11-15-26(29)30)20-10-13-23-22-8-4-5-9-27(22)31-28(23)17-20/h2-25H,1H3;2-27H,1H3;2*2-17H,1H3. The van der Waals surface area contributed by atoms with E-state index in [2.05, 4.69) is 532 Å². The fraction of sp³-hybridized carbons (Fsp3) is 0.0423. The first-order chi connectivity index (χ1) is 73.0. The second kappa shape index (κ2) is 33.0. The van der Waals surface area contributed by atoms with Crippen LogP contribution in [0.5, 0.6) is 0 Å². The number of benzene rings is 24. The van der Waals surface area contributed by atoms with Crippen LogP contribution in [-0.2, 0) is 39.0 Å². The average molecular weight is 1900 g/mol.